The number of aliphatic carboxylic acids is 4. The van der Waals surface area contributed by atoms with Crippen LogP contribution in [0, 0.1) is 138 Å². The molecule has 0 radical (unpaired) electrons. The molecule has 0 spiro atoms. The van der Waals surface area contributed by atoms with Gasteiger partial charge in [0.15, 0.2) is 17.7 Å². The summed E-state index contributed by atoms with van der Waals surface area (Å²) < 4.78 is 53.4. The van der Waals surface area contributed by atoms with Gasteiger partial charge in [-0.3, -0.25) is 52.7 Å². The maximum atomic E-state index is 13.7. The average molecular weight is 1740 g/mol. The lowest BCUT2D eigenvalue weighted by Gasteiger charge is -2.62. The fraction of sp³-hybridized carbons (Fsp3) is 0.806. The molecule has 8 unspecified atom stereocenters. The number of hydrogen-bond donors (Lipinski definition) is 8. The Morgan fingerprint density at radius 3 is 1.07 bits per heavy atom. The first-order chi connectivity index (χ1) is 57.9. The molecule has 8 N–H and O–H groups in total. The summed E-state index contributed by atoms with van der Waals surface area (Å²) in [4.78, 5) is 151. The van der Waals surface area contributed by atoms with E-state index >= 15 is 0 Å². The number of carbonyl (C=O) groups excluding carboxylic acids is 8. The second-order valence-corrected chi connectivity index (χ2v) is 40.2. The number of carboxylic acids is 4. The van der Waals surface area contributed by atoms with Crippen molar-refractivity contribution in [2.24, 2.45) is 138 Å². The van der Waals surface area contributed by atoms with Gasteiger partial charge in [0.05, 0.1) is 99.7 Å². The van der Waals surface area contributed by atoms with Crippen molar-refractivity contribution in [1.82, 2.24) is 0 Å². The van der Waals surface area contributed by atoms with Crippen molar-refractivity contribution in [2.75, 3.05) is 81.3 Å². The summed E-state index contributed by atoms with van der Waals surface area (Å²) in [5, 5.41) is 83.6. The number of carbonyl (C=O) groups is 12. The third kappa shape index (κ3) is 19.7. The first kappa shape index (κ1) is 98.1. The van der Waals surface area contributed by atoms with Gasteiger partial charge < -0.3 is 88.2 Å². The third-order valence-electron chi connectivity index (χ3n) is 33.4. The molecule has 0 aromatic heterocycles. The topological polar surface area (TPSA) is 459 Å². The Kier molecular flexibility index (Phi) is 32.0. The standard InChI is InChI=1S/C28H38O8.C23H34O8.C21H34O7.C21H32O7/c1-27(12-9-17-11-14-35-16-17)19(24(30)31)10-13-28(2)20(26(33)34-3)15-21(29)22(23(27)28)36-25(32)18-7-5-4-6-8-18;1-13(24)31-17-11-16(21(28)29-4)23(3)9-6-15(20(26)27)22(2,19(23)18(17)25)8-5-14-7-10-30-12-14;2*1-20(7-4-12-6-9-28-11-12)13(18(24)25)5-8-21(2)14(19(26)27-3)10-15(22)16(23)17(20)21/h4-8,17,19-23,29H,9-16H2,1-3H3,(H,30,31);14-17,19H,5-12H2,1-4H3,(H,26,27);12-17,22-23H,4-11H2,1-3H3,(H,24,25);12-15,17,22H,4-11H2,1-3H3,(H,24,25)/t17?,19-,20-,21-,22-,23?,27-,28-;14?,15-,16-,17-,19?,22-,23-;12?,13-,14-,15-,16-,17?,20-,21-;12?,13-,14-,15-,17?,20-,21-/m0000/s1. The Hall–Kier alpha value is -7.06. The van der Waals surface area contributed by atoms with Crippen LogP contribution in [0.5, 0.6) is 0 Å². The Balaban J connectivity index is 0.000000173. The van der Waals surface area contributed by atoms with E-state index in [-0.39, 0.29) is 37.2 Å². The van der Waals surface area contributed by atoms with Crippen molar-refractivity contribution in [3.8, 4) is 0 Å². The Morgan fingerprint density at radius 2 is 0.715 bits per heavy atom. The van der Waals surface area contributed by atoms with Crippen LogP contribution in [0.4, 0.5) is 0 Å². The Bertz CT molecular complexity index is 3920. The molecule has 12 aliphatic rings. The van der Waals surface area contributed by atoms with Crippen LogP contribution in [0.25, 0.3) is 0 Å². The van der Waals surface area contributed by atoms with Crippen LogP contribution in [0.15, 0.2) is 30.3 Å². The molecule has 1 aromatic rings. The number of benzene rings is 1. The molecule has 8 aliphatic carbocycles. The first-order valence-corrected chi connectivity index (χ1v) is 44.7. The van der Waals surface area contributed by atoms with Gasteiger partial charge in [0, 0.05) is 84.0 Å². The quantitative estimate of drug-likeness (QED) is 0.0373. The van der Waals surface area contributed by atoms with Crippen molar-refractivity contribution in [3.05, 3.63) is 35.9 Å². The van der Waals surface area contributed by atoms with E-state index in [1.54, 1.807) is 30.3 Å². The minimum atomic E-state index is -1.26. The number of methoxy groups -OCH3 is 4. The largest absolute Gasteiger partial charge is 0.481 e. The molecule has 13 rings (SSSR count). The molecule has 0 bridgehead atoms. The van der Waals surface area contributed by atoms with Crippen LogP contribution in [-0.4, -0.2) is 230 Å². The van der Waals surface area contributed by atoms with Crippen LogP contribution in [0.3, 0.4) is 0 Å². The Morgan fingerprint density at radius 1 is 0.390 bits per heavy atom. The van der Waals surface area contributed by atoms with E-state index in [0.717, 1.165) is 58.0 Å². The lowest BCUT2D eigenvalue weighted by molar-refractivity contribution is -0.218. The summed E-state index contributed by atoms with van der Waals surface area (Å²) >= 11 is 0. The number of hydrogen-bond acceptors (Lipinski definition) is 26. The summed E-state index contributed by atoms with van der Waals surface area (Å²) in [5.41, 5.74) is -5.68. The van der Waals surface area contributed by atoms with E-state index in [0.29, 0.717) is 153 Å². The smallest absolute Gasteiger partial charge is 0.338 e. The molecule has 1 aromatic carbocycles. The number of Topliss-reactive ketones (excluding diaryl/α,β-unsaturated/α-hetero) is 2. The van der Waals surface area contributed by atoms with Gasteiger partial charge in [0.1, 0.15) is 12.2 Å². The SMILES string of the molecule is COC(=O)[C@@H]1C[C@H](O)C(=O)C2[C@@](C)(CCC3CCOC3)[C@H](C(=O)O)CC[C@]21C.COC(=O)[C@@H]1C[C@H](O)[C@H](O)C2[C@@](C)(CCC3CCOC3)[C@H](C(=O)O)CC[C@]21C.COC(=O)[C@@H]1C[C@H](O)[C@H](OC(=O)c2ccccc2)C2[C@@](C)(CCC3CCOC3)[C@H](C(=O)O)CC[C@]21C.COC(=O)[C@@H]1C[C@H](OC(C)=O)C(=O)C2[C@@](C)(CCC3CCOC3)[C@H](C(=O)O)CC[C@]21C. The van der Waals surface area contributed by atoms with E-state index < -0.39 is 211 Å². The van der Waals surface area contributed by atoms with Gasteiger partial charge in [-0.2, -0.15) is 0 Å². The second-order valence-electron chi connectivity index (χ2n) is 40.2. The van der Waals surface area contributed by atoms with Crippen LogP contribution < -0.4 is 0 Å². The molecule has 30 nitrogen and oxygen atoms in total. The monoisotopic (exact) mass is 1730 g/mol. The van der Waals surface area contributed by atoms with Gasteiger partial charge >= 0.3 is 59.7 Å². The highest BCUT2D eigenvalue weighted by Crippen LogP contribution is 2.69. The van der Waals surface area contributed by atoms with E-state index in [2.05, 4.69) is 0 Å². The van der Waals surface area contributed by atoms with Crippen LogP contribution >= 0.6 is 0 Å². The average Bonchev–Trinajstić information content (AvgIpc) is 1.19. The van der Waals surface area contributed by atoms with Gasteiger partial charge in [0.2, 0.25) is 0 Å². The van der Waals surface area contributed by atoms with E-state index in [1.807, 2.05) is 55.4 Å². The zero-order valence-corrected chi connectivity index (χ0v) is 74.3. The van der Waals surface area contributed by atoms with Crippen LogP contribution in [0.2, 0.25) is 0 Å². The fourth-order valence-electron chi connectivity index (χ4n) is 26.8. The molecule has 4 heterocycles. The highest BCUT2D eigenvalue weighted by Gasteiger charge is 2.71. The molecule has 8 saturated carbocycles. The number of aliphatic hydroxyl groups is 4. The number of fused-ring (bicyclic) bond motifs is 4. The van der Waals surface area contributed by atoms with Gasteiger partial charge in [-0.1, -0.05) is 73.6 Å². The molecule has 690 valence electrons. The summed E-state index contributed by atoms with van der Waals surface area (Å²) in [6.45, 7) is 22.1. The highest BCUT2D eigenvalue weighted by molar-refractivity contribution is 5.94. The van der Waals surface area contributed by atoms with E-state index in [4.69, 9.17) is 47.4 Å². The third-order valence-corrected chi connectivity index (χ3v) is 33.4. The van der Waals surface area contributed by atoms with Crippen molar-refractivity contribution in [1.29, 1.82) is 0 Å². The van der Waals surface area contributed by atoms with Crippen molar-refractivity contribution >= 4 is 71.3 Å². The molecule has 4 aliphatic heterocycles. The molecule has 30 atom stereocenters. The zero-order chi connectivity index (χ0) is 90.4. The van der Waals surface area contributed by atoms with Crippen molar-refractivity contribution < 1.29 is 146 Å². The van der Waals surface area contributed by atoms with Crippen molar-refractivity contribution in [2.45, 2.75) is 253 Å². The highest BCUT2D eigenvalue weighted by atomic mass is 16.6. The summed E-state index contributed by atoms with van der Waals surface area (Å²) in [7, 11) is 5.28. The fourth-order valence-corrected chi connectivity index (χ4v) is 26.8. The maximum absolute atomic E-state index is 13.7. The molecule has 12 fully saturated rings. The number of ether oxygens (including phenoxy) is 10. The molecule has 4 saturated heterocycles. The predicted molar refractivity (Wildman–Crippen MR) is 439 cm³/mol. The van der Waals surface area contributed by atoms with Gasteiger partial charge in [-0.25, -0.2) is 4.79 Å². The predicted octanol–water partition coefficient (Wildman–Crippen LogP) is 10.2. The first-order valence-electron chi connectivity index (χ1n) is 44.7. The molecule has 123 heavy (non-hydrogen) atoms. The van der Waals surface area contributed by atoms with Gasteiger partial charge in [0.25, 0.3) is 0 Å². The minimum Gasteiger partial charge on any atom is -0.481 e. The second kappa shape index (κ2) is 40.1. The number of carboxylic acid groups (broad SMARTS) is 4. The lowest BCUT2D eigenvalue weighted by Crippen LogP contribution is -2.65. The number of rotatable bonds is 23. The van der Waals surface area contributed by atoms with Crippen molar-refractivity contribution in [3.63, 3.8) is 0 Å². The molecular weight excluding hydrogens is 1600 g/mol. The van der Waals surface area contributed by atoms with Crippen LogP contribution in [-0.2, 0) is 100 Å². The summed E-state index contributed by atoms with van der Waals surface area (Å²) in [6.07, 6.45) is 6.50. The number of aliphatic hydroxyl groups excluding tert-OH is 4. The van der Waals surface area contributed by atoms with Gasteiger partial charge in [-0.05, 0) is 233 Å². The Labute approximate surface area is 722 Å². The lowest BCUT2D eigenvalue weighted by atomic mass is 9.43. The molecular formula is C93H138O30. The van der Waals surface area contributed by atoms with E-state index in [1.165, 1.54) is 35.4 Å². The number of ketones is 2. The maximum Gasteiger partial charge on any atom is 0.338 e. The normalized spacial score (nSPS) is 41.6. The minimum absolute atomic E-state index is 0.0444. The molecule has 0 amide bonds. The molecule has 30 heteroatoms. The van der Waals surface area contributed by atoms with Gasteiger partial charge in [-0.15, -0.1) is 0 Å². The van der Waals surface area contributed by atoms with E-state index in [9.17, 15) is 98.4 Å². The number of esters is 6. The zero-order valence-electron chi connectivity index (χ0n) is 74.3. The summed E-state index contributed by atoms with van der Waals surface area (Å²) in [5.74, 6) is -13.2. The van der Waals surface area contributed by atoms with Crippen LogP contribution in [0.1, 0.15) is 227 Å². The summed E-state index contributed by atoms with van der Waals surface area (Å²) in [6, 6.07) is 8.56.